The van der Waals surface area contributed by atoms with Crippen LogP contribution in [0, 0.1) is 0 Å². The third-order valence-electron chi connectivity index (χ3n) is 2.72. The first-order chi connectivity index (χ1) is 6.69. The highest BCUT2D eigenvalue weighted by Crippen LogP contribution is 2.32. The van der Waals surface area contributed by atoms with Gasteiger partial charge in [-0.05, 0) is 19.8 Å². The number of rotatable bonds is 2. The number of carbonyl (C=O) groups is 2. The predicted molar refractivity (Wildman–Crippen MR) is 47.6 cm³/mol. The average molecular weight is 221 g/mol. The van der Waals surface area contributed by atoms with Crippen molar-refractivity contribution in [3.05, 3.63) is 0 Å². The molecule has 15 heavy (non-hydrogen) atoms. The molecule has 0 aliphatic carbocycles. The van der Waals surface area contributed by atoms with Crippen LogP contribution in [0.15, 0.2) is 0 Å². The van der Waals surface area contributed by atoms with E-state index in [1.165, 1.54) is 6.92 Å². The van der Waals surface area contributed by atoms with Gasteiger partial charge in [-0.1, -0.05) is 0 Å². The average Bonchev–Trinajstić information content (AvgIpc) is 2.45. The van der Waals surface area contributed by atoms with Gasteiger partial charge in [-0.15, -0.1) is 0 Å². The fourth-order valence-electron chi connectivity index (χ4n) is 1.75. The Labute approximate surface area is 85.9 Å². The molecule has 1 saturated heterocycles. The molecule has 0 spiro atoms. The highest BCUT2D eigenvalue weighted by Gasteiger charge is 2.51. The number of carbonyl (C=O) groups excluding carboxylic acids is 1. The summed E-state index contributed by atoms with van der Waals surface area (Å²) in [6.07, 6.45) is 0.648. The summed E-state index contributed by atoms with van der Waals surface area (Å²) in [4.78, 5) is 23.0. The number of halogens is 2. The molecule has 86 valence electrons. The monoisotopic (exact) mass is 221 g/mol. The highest BCUT2D eigenvalue weighted by atomic mass is 19.3. The van der Waals surface area contributed by atoms with E-state index in [4.69, 9.17) is 5.11 Å². The van der Waals surface area contributed by atoms with Gasteiger partial charge in [-0.25, -0.2) is 4.79 Å². The van der Waals surface area contributed by atoms with E-state index in [9.17, 15) is 18.4 Å². The Morgan fingerprint density at radius 2 is 2.00 bits per heavy atom. The molecule has 0 aromatic carbocycles. The van der Waals surface area contributed by atoms with Crippen LogP contribution < -0.4 is 0 Å². The normalized spacial score (nSPS) is 26.8. The van der Waals surface area contributed by atoms with E-state index >= 15 is 0 Å². The number of alkyl halides is 2. The van der Waals surface area contributed by atoms with Crippen LogP contribution >= 0.6 is 0 Å². The molecular weight excluding hydrogens is 208 g/mol. The molecule has 1 atom stereocenters. The van der Waals surface area contributed by atoms with Crippen LogP contribution in [0.3, 0.4) is 0 Å². The second-order valence-electron chi connectivity index (χ2n) is 4.03. The van der Waals surface area contributed by atoms with Gasteiger partial charge < -0.3 is 10.0 Å². The Bertz CT molecular complexity index is 300. The van der Waals surface area contributed by atoms with Crippen molar-refractivity contribution in [3.8, 4) is 0 Å². The molecular formula is C9H13F2NO3. The summed E-state index contributed by atoms with van der Waals surface area (Å²) in [6.45, 7) is 1.85. The van der Waals surface area contributed by atoms with Crippen molar-refractivity contribution in [1.29, 1.82) is 0 Å². The number of hydrogen-bond donors (Lipinski definition) is 1. The van der Waals surface area contributed by atoms with Crippen molar-refractivity contribution in [3.63, 3.8) is 0 Å². The molecule has 0 bridgehead atoms. The fourth-order valence-corrected chi connectivity index (χ4v) is 1.75. The van der Waals surface area contributed by atoms with Crippen molar-refractivity contribution in [2.75, 3.05) is 6.54 Å². The summed E-state index contributed by atoms with van der Waals surface area (Å²) < 4.78 is 25.6. The minimum atomic E-state index is -3.51. The molecule has 1 N–H and O–H groups in total. The first kappa shape index (κ1) is 11.9. The van der Waals surface area contributed by atoms with Gasteiger partial charge in [0.2, 0.25) is 0 Å². The Kier molecular flexibility index (Phi) is 2.71. The van der Waals surface area contributed by atoms with Crippen molar-refractivity contribution in [2.24, 2.45) is 0 Å². The largest absolute Gasteiger partial charge is 0.480 e. The summed E-state index contributed by atoms with van der Waals surface area (Å²) in [6, 6.07) is 0. The molecule has 1 aliphatic heterocycles. The van der Waals surface area contributed by atoms with E-state index in [2.05, 4.69) is 0 Å². The van der Waals surface area contributed by atoms with Crippen LogP contribution in [-0.2, 0) is 9.59 Å². The minimum Gasteiger partial charge on any atom is -0.480 e. The standard InChI is InChI=1S/C9H13F2NO3/c1-8(7(14)15)4-3-5-12(8)6(13)9(2,10)11/h3-5H2,1-2H3,(H,14,15). The number of likely N-dealkylation sites (tertiary alicyclic amines) is 1. The van der Waals surface area contributed by atoms with Gasteiger partial charge in [0.1, 0.15) is 5.54 Å². The molecule has 4 nitrogen and oxygen atoms in total. The Morgan fingerprint density at radius 3 is 2.40 bits per heavy atom. The number of amides is 1. The quantitative estimate of drug-likeness (QED) is 0.759. The zero-order valence-corrected chi connectivity index (χ0v) is 8.59. The van der Waals surface area contributed by atoms with Crippen LogP contribution in [0.4, 0.5) is 8.78 Å². The van der Waals surface area contributed by atoms with E-state index < -0.39 is 23.3 Å². The second-order valence-corrected chi connectivity index (χ2v) is 4.03. The topological polar surface area (TPSA) is 57.6 Å². The van der Waals surface area contributed by atoms with Crippen LogP contribution in [0.2, 0.25) is 0 Å². The van der Waals surface area contributed by atoms with Gasteiger partial charge in [0.05, 0.1) is 0 Å². The molecule has 1 unspecified atom stereocenters. The maximum Gasteiger partial charge on any atom is 0.329 e. The smallest absolute Gasteiger partial charge is 0.329 e. The lowest BCUT2D eigenvalue weighted by Crippen LogP contribution is -2.54. The molecule has 1 heterocycles. The summed E-state index contributed by atoms with van der Waals surface area (Å²) in [7, 11) is 0. The van der Waals surface area contributed by atoms with Crippen LogP contribution in [0.25, 0.3) is 0 Å². The summed E-state index contributed by atoms with van der Waals surface area (Å²) in [5.41, 5.74) is -1.49. The van der Waals surface area contributed by atoms with E-state index in [1.54, 1.807) is 0 Å². The minimum absolute atomic E-state index is 0.0745. The number of aliphatic carboxylic acids is 1. The zero-order chi connectivity index (χ0) is 11.9. The first-order valence-electron chi connectivity index (χ1n) is 4.63. The van der Waals surface area contributed by atoms with Crippen molar-refractivity contribution >= 4 is 11.9 Å². The van der Waals surface area contributed by atoms with Crippen molar-refractivity contribution < 1.29 is 23.5 Å². The van der Waals surface area contributed by atoms with Gasteiger partial charge >= 0.3 is 11.9 Å². The van der Waals surface area contributed by atoms with Crippen LogP contribution in [0.5, 0.6) is 0 Å². The third-order valence-corrected chi connectivity index (χ3v) is 2.72. The lowest BCUT2D eigenvalue weighted by atomic mass is 9.99. The van der Waals surface area contributed by atoms with Gasteiger partial charge in [0.25, 0.3) is 5.91 Å². The fraction of sp³-hybridized carbons (Fsp3) is 0.778. The maximum absolute atomic E-state index is 12.8. The SMILES string of the molecule is CC(F)(F)C(=O)N1CCCC1(C)C(=O)O. The van der Waals surface area contributed by atoms with Gasteiger partial charge in [0, 0.05) is 13.5 Å². The molecule has 0 radical (unpaired) electrons. The molecule has 1 rings (SSSR count). The van der Waals surface area contributed by atoms with E-state index in [1.807, 2.05) is 0 Å². The Balaban J connectivity index is 2.96. The lowest BCUT2D eigenvalue weighted by Gasteiger charge is -2.32. The number of carboxylic acids is 1. The molecule has 1 aliphatic rings. The molecule has 0 saturated carbocycles. The third kappa shape index (κ3) is 1.93. The molecule has 0 aromatic rings. The van der Waals surface area contributed by atoms with Gasteiger partial charge in [0.15, 0.2) is 0 Å². The Morgan fingerprint density at radius 1 is 1.47 bits per heavy atom. The van der Waals surface area contributed by atoms with Crippen LogP contribution in [0.1, 0.15) is 26.7 Å². The van der Waals surface area contributed by atoms with Gasteiger partial charge in [-0.3, -0.25) is 4.79 Å². The second kappa shape index (κ2) is 3.43. The highest BCUT2D eigenvalue weighted by molar-refractivity contribution is 5.90. The zero-order valence-electron chi connectivity index (χ0n) is 8.59. The number of carboxylic acid groups (broad SMARTS) is 1. The number of nitrogens with zero attached hydrogens (tertiary/aromatic N) is 1. The lowest BCUT2D eigenvalue weighted by molar-refractivity contribution is -0.167. The molecule has 1 amide bonds. The molecule has 6 heteroatoms. The first-order valence-corrected chi connectivity index (χ1v) is 4.63. The number of hydrogen-bond acceptors (Lipinski definition) is 2. The van der Waals surface area contributed by atoms with Crippen molar-refractivity contribution in [1.82, 2.24) is 4.90 Å². The van der Waals surface area contributed by atoms with Gasteiger partial charge in [-0.2, -0.15) is 8.78 Å². The summed E-state index contributed by atoms with van der Waals surface area (Å²) in [5.74, 6) is -6.16. The molecule has 1 fully saturated rings. The molecule has 0 aromatic heterocycles. The van der Waals surface area contributed by atoms with Crippen molar-refractivity contribution in [2.45, 2.75) is 38.2 Å². The van der Waals surface area contributed by atoms with Crippen LogP contribution in [-0.4, -0.2) is 39.9 Å². The maximum atomic E-state index is 12.8. The predicted octanol–water partition coefficient (Wildman–Crippen LogP) is 1.11. The Hall–Kier alpha value is -1.20. The summed E-state index contributed by atoms with van der Waals surface area (Å²) >= 11 is 0. The summed E-state index contributed by atoms with van der Waals surface area (Å²) in [5, 5.41) is 8.92. The van der Waals surface area contributed by atoms with E-state index in [0.29, 0.717) is 13.3 Å². The van der Waals surface area contributed by atoms with E-state index in [0.717, 1.165) is 4.90 Å². The van der Waals surface area contributed by atoms with E-state index in [-0.39, 0.29) is 13.0 Å².